The fraction of sp³-hybridized carbons (Fsp3) is 0.933. The number of halogens is 1. The molecule has 2 fully saturated rings. The van der Waals surface area contributed by atoms with E-state index >= 15 is 0 Å². The SMILES string of the molecule is CCNC(=NCC1(C)CCCS1)NCC1CCN(C)C1.I. The van der Waals surface area contributed by atoms with Gasteiger partial charge in [0, 0.05) is 24.4 Å². The summed E-state index contributed by atoms with van der Waals surface area (Å²) in [6.45, 7) is 9.82. The monoisotopic (exact) mass is 426 g/mol. The van der Waals surface area contributed by atoms with Gasteiger partial charge >= 0.3 is 0 Å². The van der Waals surface area contributed by atoms with Crippen LogP contribution in [0.2, 0.25) is 0 Å². The average Bonchev–Trinajstić information content (AvgIpc) is 3.03. The zero-order chi connectivity index (χ0) is 14.4. The van der Waals surface area contributed by atoms with Crippen molar-refractivity contribution in [3.05, 3.63) is 0 Å². The van der Waals surface area contributed by atoms with Crippen molar-refractivity contribution < 1.29 is 0 Å². The third-order valence-electron chi connectivity index (χ3n) is 4.26. The average molecular weight is 426 g/mol. The number of nitrogens with zero attached hydrogens (tertiary/aromatic N) is 2. The molecule has 0 bridgehead atoms. The van der Waals surface area contributed by atoms with Crippen LogP contribution in [-0.2, 0) is 0 Å². The van der Waals surface area contributed by atoms with Crippen LogP contribution >= 0.6 is 35.7 Å². The maximum atomic E-state index is 4.81. The molecule has 0 aliphatic carbocycles. The molecule has 0 aromatic carbocycles. The summed E-state index contributed by atoms with van der Waals surface area (Å²) in [6.07, 6.45) is 3.94. The van der Waals surface area contributed by atoms with Gasteiger partial charge in [-0.15, -0.1) is 24.0 Å². The van der Waals surface area contributed by atoms with E-state index in [2.05, 4.69) is 48.2 Å². The summed E-state index contributed by atoms with van der Waals surface area (Å²) < 4.78 is 0.357. The van der Waals surface area contributed by atoms with Gasteiger partial charge in [-0.25, -0.2) is 0 Å². The first-order chi connectivity index (χ1) is 9.61. The zero-order valence-electron chi connectivity index (χ0n) is 13.7. The Morgan fingerprint density at radius 1 is 1.43 bits per heavy atom. The Morgan fingerprint density at radius 2 is 2.24 bits per heavy atom. The molecule has 2 heterocycles. The van der Waals surface area contributed by atoms with E-state index in [9.17, 15) is 0 Å². The van der Waals surface area contributed by atoms with Crippen molar-refractivity contribution in [2.45, 2.75) is 37.9 Å². The van der Waals surface area contributed by atoms with Crippen LogP contribution in [0.5, 0.6) is 0 Å². The maximum absolute atomic E-state index is 4.81. The summed E-state index contributed by atoms with van der Waals surface area (Å²) in [7, 11) is 2.21. The van der Waals surface area contributed by atoms with E-state index in [0.717, 1.165) is 31.5 Å². The summed E-state index contributed by atoms with van der Waals surface area (Å²) in [6, 6.07) is 0. The van der Waals surface area contributed by atoms with Crippen molar-refractivity contribution in [1.29, 1.82) is 0 Å². The first kappa shape index (κ1) is 19.4. The lowest BCUT2D eigenvalue weighted by atomic mass is 10.1. The first-order valence-electron chi connectivity index (χ1n) is 7.96. The van der Waals surface area contributed by atoms with Crippen molar-refractivity contribution in [2.24, 2.45) is 10.9 Å². The molecule has 2 rings (SSSR count). The Hall–Kier alpha value is 0.310. The van der Waals surface area contributed by atoms with E-state index in [-0.39, 0.29) is 24.0 Å². The third-order valence-corrected chi connectivity index (χ3v) is 5.79. The zero-order valence-corrected chi connectivity index (χ0v) is 16.8. The molecule has 6 heteroatoms. The van der Waals surface area contributed by atoms with E-state index in [1.165, 1.54) is 38.1 Å². The summed E-state index contributed by atoms with van der Waals surface area (Å²) in [5.41, 5.74) is 0. The molecule has 2 saturated heterocycles. The highest BCUT2D eigenvalue weighted by atomic mass is 127. The van der Waals surface area contributed by atoms with Crippen molar-refractivity contribution in [1.82, 2.24) is 15.5 Å². The smallest absolute Gasteiger partial charge is 0.191 e. The molecule has 2 aliphatic heterocycles. The van der Waals surface area contributed by atoms with Gasteiger partial charge in [0.15, 0.2) is 5.96 Å². The van der Waals surface area contributed by atoms with E-state index in [1.54, 1.807) is 0 Å². The van der Waals surface area contributed by atoms with Gasteiger partial charge in [-0.3, -0.25) is 4.99 Å². The normalized spacial score (nSPS) is 30.2. The molecule has 0 saturated carbocycles. The summed E-state index contributed by atoms with van der Waals surface area (Å²) in [4.78, 5) is 7.22. The minimum absolute atomic E-state index is 0. The largest absolute Gasteiger partial charge is 0.357 e. The number of hydrogen-bond donors (Lipinski definition) is 2. The van der Waals surface area contributed by atoms with Gasteiger partial charge in [-0.05, 0) is 58.4 Å². The minimum Gasteiger partial charge on any atom is -0.357 e. The highest BCUT2D eigenvalue weighted by Crippen LogP contribution is 2.37. The molecular weight excluding hydrogens is 395 g/mol. The summed E-state index contributed by atoms with van der Waals surface area (Å²) in [5.74, 6) is 3.06. The van der Waals surface area contributed by atoms with Gasteiger partial charge in [0.05, 0.1) is 6.54 Å². The molecule has 2 aliphatic rings. The molecule has 21 heavy (non-hydrogen) atoms. The lowest BCUT2D eigenvalue weighted by Gasteiger charge is -2.21. The number of aliphatic imine (C=N–C) groups is 1. The molecule has 2 atom stereocenters. The quantitative estimate of drug-likeness (QED) is 0.403. The second-order valence-electron chi connectivity index (χ2n) is 6.39. The second kappa shape index (κ2) is 9.45. The van der Waals surface area contributed by atoms with Gasteiger partial charge < -0.3 is 15.5 Å². The van der Waals surface area contributed by atoms with Crippen LogP contribution in [0.15, 0.2) is 4.99 Å². The van der Waals surface area contributed by atoms with E-state index in [1.807, 2.05) is 0 Å². The summed E-state index contributed by atoms with van der Waals surface area (Å²) in [5, 5.41) is 6.90. The minimum atomic E-state index is 0. The van der Waals surface area contributed by atoms with Crippen LogP contribution in [0.25, 0.3) is 0 Å². The predicted molar refractivity (Wildman–Crippen MR) is 105 cm³/mol. The molecule has 124 valence electrons. The standard InChI is InChI=1S/C15H30N4S.HI/c1-4-16-14(17-10-13-6-8-19(3)11-13)18-12-15(2)7-5-9-20-15;/h13H,4-12H2,1-3H3,(H2,16,17,18);1H. The van der Waals surface area contributed by atoms with Crippen LogP contribution in [0.3, 0.4) is 0 Å². The number of likely N-dealkylation sites (tertiary alicyclic amines) is 1. The van der Waals surface area contributed by atoms with Crippen molar-refractivity contribution >= 4 is 41.7 Å². The van der Waals surface area contributed by atoms with Gasteiger partial charge in [-0.2, -0.15) is 11.8 Å². The second-order valence-corrected chi connectivity index (χ2v) is 8.08. The Balaban J connectivity index is 0.00000220. The fourth-order valence-corrected chi connectivity index (χ4v) is 4.21. The van der Waals surface area contributed by atoms with Crippen LogP contribution in [0.1, 0.15) is 33.1 Å². The Labute approximate surface area is 151 Å². The topological polar surface area (TPSA) is 39.7 Å². The molecule has 0 radical (unpaired) electrons. The van der Waals surface area contributed by atoms with E-state index in [4.69, 9.17) is 4.99 Å². The van der Waals surface area contributed by atoms with Gasteiger partial charge in [0.2, 0.25) is 0 Å². The van der Waals surface area contributed by atoms with Crippen LogP contribution in [0, 0.1) is 5.92 Å². The molecule has 2 N–H and O–H groups in total. The Morgan fingerprint density at radius 3 is 2.81 bits per heavy atom. The molecule has 0 aromatic rings. The Bertz CT molecular complexity index is 332. The van der Waals surface area contributed by atoms with Crippen LogP contribution in [0.4, 0.5) is 0 Å². The number of thioether (sulfide) groups is 1. The van der Waals surface area contributed by atoms with Gasteiger partial charge in [0.1, 0.15) is 0 Å². The molecular formula is C15H31IN4S. The van der Waals surface area contributed by atoms with Crippen molar-refractivity contribution in [3.8, 4) is 0 Å². The number of hydrogen-bond acceptors (Lipinski definition) is 3. The number of nitrogens with one attached hydrogen (secondary N) is 2. The van der Waals surface area contributed by atoms with Crippen LogP contribution < -0.4 is 10.6 Å². The molecule has 2 unspecified atom stereocenters. The number of rotatable bonds is 5. The molecule has 0 spiro atoms. The lowest BCUT2D eigenvalue weighted by molar-refractivity contribution is 0.394. The number of guanidine groups is 1. The van der Waals surface area contributed by atoms with E-state index in [0.29, 0.717) is 4.75 Å². The predicted octanol–water partition coefficient (Wildman–Crippen LogP) is 2.40. The molecule has 0 aromatic heterocycles. The van der Waals surface area contributed by atoms with Gasteiger partial charge in [-0.1, -0.05) is 0 Å². The fourth-order valence-electron chi connectivity index (χ4n) is 2.98. The van der Waals surface area contributed by atoms with Crippen molar-refractivity contribution in [3.63, 3.8) is 0 Å². The lowest BCUT2D eigenvalue weighted by Crippen LogP contribution is -2.41. The Kier molecular flexibility index (Phi) is 8.71. The maximum Gasteiger partial charge on any atom is 0.191 e. The third kappa shape index (κ3) is 6.52. The van der Waals surface area contributed by atoms with Gasteiger partial charge in [0.25, 0.3) is 0 Å². The summed E-state index contributed by atoms with van der Waals surface area (Å²) >= 11 is 2.08. The first-order valence-corrected chi connectivity index (χ1v) is 8.94. The molecule has 0 amide bonds. The van der Waals surface area contributed by atoms with E-state index < -0.39 is 0 Å². The highest BCUT2D eigenvalue weighted by molar-refractivity contribution is 14.0. The highest BCUT2D eigenvalue weighted by Gasteiger charge is 2.29. The molecule has 4 nitrogen and oxygen atoms in total. The van der Waals surface area contributed by atoms with Crippen LogP contribution in [-0.4, -0.2) is 61.1 Å². The van der Waals surface area contributed by atoms with Crippen molar-refractivity contribution in [2.75, 3.05) is 45.5 Å².